The second-order valence-corrected chi connectivity index (χ2v) is 8.78. The van der Waals surface area contributed by atoms with Crippen LogP contribution in [0.3, 0.4) is 0 Å². The highest BCUT2D eigenvalue weighted by Gasteiger charge is 2.29. The molecule has 1 N–H and O–H groups in total. The standard InChI is InChI=1S/C26H24F2N4O2/c1-14(2)23-21(31-26(33)20-8-9-34-22-7-5-4-6-19(20)22)13-29-32-24(15(3)30-25(23)32)16-10-17(27)12-18(28)11-16/h4-7,10-14,20H,8-9H2,1-3H3,(H,31,33). The summed E-state index contributed by atoms with van der Waals surface area (Å²) in [7, 11) is 0. The summed E-state index contributed by atoms with van der Waals surface area (Å²) in [6.07, 6.45) is 2.15. The van der Waals surface area contributed by atoms with Crippen molar-refractivity contribution in [3.63, 3.8) is 0 Å². The summed E-state index contributed by atoms with van der Waals surface area (Å²) in [5, 5.41) is 7.54. The van der Waals surface area contributed by atoms with E-state index in [9.17, 15) is 13.6 Å². The number of halogens is 2. The van der Waals surface area contributed by atoms with Gasteiger partial charge in [-0.25, -0.2) is 18.3 Å². The van der Waals surface area contributed by atoms with Crippen molar-refractivity contribution in [2.24, 2.45) is 0 Å². The molecule has 6 nitrogen and oxygen atoms in total. The highest BCUT2D eigenvalue weighted by molar-refractivity contribution is 5.97. The van der Waals surface area contributed by atoms with E-state index in [0.717, 1.165) is 22.9 Å². The molecule has 1 amide bonds. The predicted molar refractivity (Wildman–Crippen MR) is 125 cm³/mol. The highest BCUT2D eigenvalue weighted by atomic mass is 19.1. The van der Waals surface area contributed by atoms with Crippen LogP contribution in [0.5, 0.6) is 5.75 Å². The monoisotopic (exact) mass is 462 g/mol. The fourth-order valence-corrected chi connectivity index (χ4v) is 4.64. The van der Waals surface area contributed by atoms with E-state index in [1.54, 1.807) is 17.6 Å². The summed E-state index contributed by atoms with van der Waals surface area (Å²) in [6.45, 7) is 6.24. The van der Waals surface area contributed by atoms with Crippen LogP contribution in [-0.4, -0.2) is 27.1 Å². The lowest BCUT2D eigenvalue weighted by Gasteiger charge is -2.25. The van der Waals surface area contributed by atoms with Gasteiger partial charge in [0.1, 0.15) is 17.4 Å². The molecule has 0 radical (unpaired) electrons. The number of aromatic nitrogens is 3. The van der Waals surface area contributed by atoms with Crippen LogP contribution in [0.2, 0.25) is 0 Å². The average molecular weight is 463 g/mol. The SMILES string of the molecule is Cc1nc2c(C(C)C)c(NC(=O)C3CCOc4ccccc43)cnn2c1-c1cc(F)cc(F)c1. The number of amides is 1. The van der Waals surface area contributed by atoms with E-state index in [0.29, 0.717) is 41.3 Å². The molecule has 5 rings (SSSR count). The Balaban J connectivity index is 1.57. The van der Waals surface area contributed by atoms with Gasteiger partial charge in [-0.1, -0.05) is 32.0 Å². The van der Waals surface area contributed by atoms with E-state index >= 15 is 0 Å². The molecule has 2 aromatic heterocycles. The van der Waals surface area contributed by atoms with Gasteiger partial charge in [-0.15, -0.1) is 0 Å². The number of fused-ring (bicyclic) bond motifs is 2. The van der Waals surface area contributed by atoms with E-state index in [1.807, 2.05) is 38.1 Å². The van der Waals surface area contributed by atoms with Crippen LogP contribution in [0.25, 0.3) is 16.9 Å². The van der Waals surface area contributed by atoms with E-state index in [2.05, 4.69) is 15.4 Å². The maximum atomic E-state index is 13.9. The maximum Gasteiger partial charge on any atom is 0.232 e. The van der Waals surface area contributed by atoms with Crippen molar-refractivity contribution in [1.82, 2.24) is 14.6 Å². The van der Waals surface area contributed by atoms with Gasteiger partial charge in [0.15, 0.2) is 5.65 Å². The van der Waals surface area contributed by atoms with Crippen LogP contribution in [0.4, 0.5) is 14.5 Å². The number of imidazole rings is 1. The van der Waals surface area contributed by atoms with Gasteiger partial charge >= 0.3 is 0 Å². The minimum Gasteiger partial charge on any atom is -0.493 e. The summed E-state index contributed by atoms with van der Waals surface area (Å²) in [6, 6.07) is 10.9. The van der Waals surface area contributed by atoms with Crippen molar-refractivity contribution in [1.29, 1.82) is 0 Å². The zero-order valence-corrected chi connectivity index (χ0v) is 19.1. The Kier molecular flexibility index (Phi) is 5.51. The summed E-state index contributed by atoms with van der Waals surface area (Å²) in [5.74, 6) is -1.10. The molecule has 3 heterocycles. The topological polar surface area (TPSA) is 68.5 Å². The molecule has 0 saturated heterocycles. The molecule has 34 heavy (non-hydrogen) atoms. The van der Waals surface area contributed by atoms with Gasteiger partial charge in [-0.2, -0.15) is 5.10 Å². The summed E-state index contributed by atoms with van der Waals surface area (Å²) in [4.78, 5) is 18.0. The van der Waals surface area contributed by atoms with E-state index < -0.39 is 11.6 Å². The molecule has 1 unspecified atom stereocenters. The number of nitrogens with zero attached hydrogens (tertiary/aromatic N) is 3. The Hall–Kier alpha value is -3.81. The van der Waals surface area contributed by atoms with E-state index in [-0.39, 0.29) is 17.7 Å². The first kappa shape index (κ1) is 22.0. The Morgan fingerprint density at radius 2 is 1.91 bits per heavy atom. The number of ether oxygens (including phenoxy) is 1. The van der Waals surface area contributed by atoms with Gasteiger partial charge in [-0.05, 0) is 37.5 Å². The molecule has 2 aromatic carbocycles. The van der Waals surface area contributed by atoms with Gasteiger partial charge in [0.05, 0.1) is 35.8 Å². The van der Waals surface area contributed by atoms with Crippen molar-refractivity contribution in [3.8, 4) is 17.0 Å². The smallest absolute Gasteiger partial charge is 0.232 e. The minimum atomic E-state index is -0.672. The van der Waals surface area contributed by atoms with Crippen LogP contribution >= 0.6 is 0 Å². The van der Waals surface area contributed by atoms with Gasteiger partial charge in [0, 0.05) is 22.8 Å². The first-order valence-electron chi connectivity index (χ1n) is 11.2. The Labute approximate surface area is 195 Å². The zero-order valence-electron chi connectivity index (χ0n) is 19.1. The summed E-state index contributed by atoms with van der Waals surface area (Å²) >= 11 is 0. The third-order valence-corrected chi connectivity index (χ3v) is 6.11. The maximum absolute atomic E-state index is 13.9. The van der Waals surface area contributed by atoms with Gasteiger partial charge in [0.25, 0.3) is 0 Å². The Bertz CT molecular complexity index is 1390. The molecule has 0 bridgehead atoms. The second kappa shape index (κ2) is 8.52. The predicted octanol–water partition coefficient (Wildman–Crippen LogP) is 5.61. The largest absolute Gasteiger partial charge is 0.493 e. The number of hydrogen-bond donors (Lipinski definition) is 1. The fourth-order valence-electron chi connectivity index (χ4n) is 4.64. The zero-order chi connectivity index (χ0) is 24.0. The Morgan fingerprint density at radius 3 is 2.65 bits per heavy atom. The number of rotatable bonds is 4. The third kappa shape index (κ3) is 3.79. The lowest BCUT2D eigenvalue weighted by molar-refractivity contribution is -0.118. The number of nitrogens with one attached hydrogen (secondary N) is 1. The lowest BCUT2D eigenvalue weighted by atomic mass is 9.92. The minimum absolute atomic E-state index is 0.00155. The second-order valence-electron chi connectivity index (χ2n) is 8.78. The normalized spacial score (nSPS) is 15.3. The van der Waals surface area contributed by atoms with Crippen LogP contribution in [-0.2, 0) is 4.79 Å². The molecular formula is C26H24F2N4O2. The number of para-hydroxylation sites is 1. The number of benzene rings is 2. The third-order valence-electron chi connectivity index (χ3n) is 6.11. The molecule has 1 aliphatic rings. The van der Waals surface area contributed by atoms with Crippen molar-refractivity contribution < 1.29 is 18.3 Å². The number of aryl methyl sites for hydroxylation is 1. The van der Waals surface area contributed by atoms with E-state index in [1.165, 1.54) is 12.1 Å². The van der Waals surface area contributed by atoms with Gasteiger partial charge < -0.3 is 10.1 Å². The summed E-state index contributed by atoms with van der Waals surface area (Å²) in [5.41, 5.74) is 4.21. The van der Waals surface area contributed by atoms with Gasteiger partial charge in [0.2, 0.25) is 5.91 Å². The molecule has 8 heteroatoms. The molecule has 1 aliphatic heterocycles. The number of hydrogen-bond acceptors (Lipinski definition) is 4. The molecule has 174 valence electrons. The van der Waals surface area contributed by atoms with Gasteiger partial charge in [-0.3, -0.25) is 4.79 Å². The van der Waals surface area contributed by atoms with Crippen molar-refractivity contribution in [2.45, 2.75) is 39.0 Å². The molecule has 4 aromatic rings. The molecule has 0 aliphatic carbocycles. The number of carbonyl (C=O) groups is 1. The number of carbonyl (C=O) groups excluding carboxylic acids is 1. The van der Waals surface area contributed by atoms with Crippen molar-refractivity contribution >= 4 is 17.2 Å². The quantitative estimate of drug-likeness (QED) is 0.428. The first-order valence-corrected chi connectivity index (χ1v) is 11.2. The molecule has 1 atom stereocenters. The number of anilines is 1. The first-order chi connectivity index (χ1) is 16.3. The van der Waals surface area contributed by atoms with Crippen LogP contribution in [0.1, 0.15) is 48.9 Å². The lowest BCUT2D eigenvalue weighted by Crippen LogP contribution is -2.27. The molecule has 0 spiro atoms. The Morgan fingerprint density at radius 1 is 1.18 bits per heavy atom. The summed E-state index contributed by atoms with van der Waals surface area (Å²) < 4.78 is 35.1. The van der Waals surface area contributed by atoms with Crippen LogP contribution in [0.15, 0.2) is 48.7 Å². The fraction of sp³-hybridized carbons (Fsp3) is 0.269. The molecular weight excluding hydrogens is 438 g/mol. The average Bonchev–Trinajstić information content (AvgIpc) is 3.13. The van der Waals surface area contributed by atoms with E-state index in [4.69, 9.17) is 4.74 Å². The van der Waals surface area contributed by atoms with Crippen molar-refractivity contribution in [2.75, 3.05) is 11.9 Å². The molecule has 0 saturated carbocycles. The van der Waals surface area contributed by atoms with Crippen molar-refractivity contribution in [3.05, 3.63) is 77.1 Å². The van der Waals surface area contributed by atoms with Crippen LogP contribution in [0, 0.1) is 18.6 Å². The molecule has 0 fully saturated rings. The van der Waals surface area contributed by atoms with Crippen LogP contribution < -0.4 is 10.1 Å². The highest BCUT2D eigenvalue weighted by Crippen LogP contribution is 2.36.